The first kappa shape index (κ1) is 21.8. The topological polar surface area (TPSA) is 86.5 Å². The molecule has 0 saturated carbocycles. The Labute approximate surface area is 191 Å². The van der Waals surface area contributed by atoms with E-state index < -0.39 is 0 Å². The van der Waals surface area contributed by atoms with E-state index >= 15 is 0 Å². The molecule has 32 heavy (non-hydrogen) atoms. The molecular formula is C25H25N3O3S. The number of nitrogens with one attached hydrogen (secondary N) is 1. The molecule has 3 aromatic rings. The zero-order chi connectivity index (χ0) is 22.7. The number of aliphatic hydroxyl groups excluding tert-OH is 1. The normalized spacial score (nSPS) is 13.7. The summed E-state index contributed by atoms with van der Waals surface area (Å²) in [4.78, 5) is 18.6. The number of anilines is 1. The number of aromatic nitrogens is 1. The van der Waals surface area contributed by atoms with Crippen LogP contribution in [0.4, 0.5) is 5.69 Å². The molecule has 0 amide bonds. The first-order chi connectivity index (χ1) is 15.5. The number of rotatable bonds is 7. The van der Waals surface area contributed by atoms with Crippen LogP contribution in [0.5, 0.6) is 0 Å². The Balaban J connectivity index is 1.54. The van der Waals surface area contributed by atoms with Gasteiger partial charge in [-0.15, -0.1) is 11.3 Å². The van der Waals surface area contributed by atoms with Gasteiger partial charge in [-0.2, -0.15) is 0 Å². The minimum absolute atomic E-state index is 0.0933. The van der Waals surface area contributed by atoms with Crippen molar-refractivity contribution in [3.05, 3.63) is 75.8 Å². The van der Waals surface area contributed by atoms with E-state index in [9.17, 15) is 9.90 Å². The van der Waals surface area contributed by atoms with Crippen LogP contribution in [-0.2, 0) is 4.74 Å². The van der Waals surface area contributed by atoms with Crippen LogP contribution in [0.3, 0.4) is 0 Å². The number of hydrogen-bond acceptors (Lipinski definition) is 6. The molecule has 0 saturated heterocycles. The Morgan fingerprint density at radius 1 is 1.25 bits per heavy atom. The number of aryl methyl sites for hydroxylation is 1. The maximum Gasteiger partial charge on any atom is 0.338 e. The van der Waals surface area contributed by atoms with Crippen LogP contribution >= 0.6 is 11.3 Å². The maximum atomic E-state index is 12.3. The fourth-order valence-electron chi connectivity index (χ4n) is 3.46. The van der Waals surface area contributed by atoms with Crippen LogP contribution in [0.25, 0.3) is 16.8 Å². The molecule has 2 aromatic carbocycles. The Morgan fingerprint density at radius 3 is 2.78 bits per heavy atom. The summed E-state index contributed by atoms with van der Waals surface area (Å²) in [6.45, 7) is 4.62. The Kier molecular flexibility index (Phi) is 6.37. The minimum Gasteiger partial charge on any atom is -0.510 e. The van der Waals surface area contributed by atoms with E-state index in [1.807, 2.05) is 49.6 Å². The fourth-order valence-corrected chi connectivity index (χ4v) is 4.36. The third-order valence-corrected chi connectivity index (χ3v) is 6.15. The fraction of sp³-hybridized carbons (Fsp3) is 0.240. The Morgan fingerprint density at radius 2 is 2.03 bits per heavy atom. The average molecular weight is 448 g/mol. The summed E-state index contributed by atoms with van der Waals surface area (Å²) in [6.07, 6.45) is 1.77. The molecule has 1 aromatic heterocycles. The van der Waals surface area contributed by atoms with E-state index in [1.54, 1.807) is 23.1 Å². The van der Waals surface area contributed by atoms with Gasteiger partial charge in [-0.3, -0.25) is 5.41 Å². The number of benzene rings is 2. The number of esters is 1. The molecule has 0 bridgehead atoms. The average Bonchev–Trinajstić information content (AvgIpc) is 3.38. The van der Waals surface area contributed by atoms with Gasteiger partial charge in [0, 0.05) is 16.6 Å². The van der Waals surface area contributed by atoms with Crippen molar-refractivity contribution in [1.82, 2.24) is 4.98 Å². The second-order valence-corrected chi connectivity index (χ2v) is 8.56. The SMILES string of the molecule is CCCCOC(=O)c1cccc(N2CC(O)=C(c3nc(-c4ccc(C)cc4)cs3)C2=N)c1. The van der Waals surface area contributed by atoms with Crippen LogP contribution in [-0.4, -0.2) is 35.0 Å². The zero-order valence-electron chi connectivity index (χ0n) is 18.1. The van der Waals surface area contributed by atoms with Gasteiger partial charge in [0.2, 0.25) is 0 Å². The van der Waals surface area contributed by atoms with Crippen molar-refractivity contribution < 1.29 is 14.6 Å². The van der Waals surface area contributed by atoms with Gasteiger partial charge in [-0.25, -0.2) is 9.78 Å². The summed E-state index contributed by atoms with van der Waals surface area (Å²) in [5.41, 5.74) is 4.48. The van der Waals surface area contributed by atoms with Gasteiger partial charge < -0.3 is 14.7 Å². The second kappa shape index (κ2) is 9.36. The van der Waals surface area contributed by atoms with Gasteiger partial charge in [0.1, 0.15) is 16.6 Å². The van der Waals surface area contributed by atoms with Crippen molar-refractivity contribution in [1.29, 1.82) is 5.41 Å². The number of nitrogens with zero attached hydrogens (tertiary/aromatic N) is 2. The van der Waals surface area contributed by atoms with Gasteiger partial charge in [0.25, 0.3) is 0 Å². The molecular weight excluding hydrogens is 422 g/mol. The first-order valence-electron chi connectivity index (χ1n) is 10.6. The number of ether oxygens (including phenoxy) is 1. The van der Waals surface area contributed by atoms with E-state index in [1.165, 1.54) is 16.9 Å². The van der Waals surface area contributed by atoms with Crippen molar-refractivity contribution in [2.45, 2.75) is 26.7 Å². The molecule has 0 radical (unpaired) electrons. The van der Waals surface area contributed by atoms with E-state index in [-0.39, 0.29) is 24.1 Å². The molecule has 4 rings (SSSR count). The largest absolute Gasteiger partial charge is 0.510 e. The number of amidine groups is 1. The number of hydrogen-bond donors (Lipinski definition) is 2. The van der Waals surface area contributed by atoms with Crippen LogP contribution in [0.15, 0.2) is 59.7 Å². The molecule has 7 heteroatoms. The third-order valence-electron chi connectivity index (χ3n) is 5.29. The standard InChI is InChI=1S/C25H25N3O3S/c1-3-4-12-31-25(30)18-6-5-7-19(13-18)28-14-21(29)22(23(28)26)24-27-20(15-32-24)17-10-8-16(2)9-11-17/h5-11,13,15,26,29H,3-4,12,14H2,1-2H3. The lowest BCUT2D eigenvalue weighted by atomic mass is 10.1. The molecule has 6 nitrogen and oxygen atoms in total. The molecule has 2 heterocycles. The van der Waals surface area contributed by atoms with Gasteiger partial charge in [-0.1, -0.05) is 49.2 Å². The molecule has 0 unspecified atom stereocenters. The van der Waals surface area contributed by atoms with Gasteiger partial charge in [-0.05, 0) is 31.5 Å². The van der Waals surface area contributed by atoms with E-state index in [0.717, 1.165) is 24.1 Å². The number of unbranched alkanes of at least 4 members (excludes halogenated alkanes) is 1. The highest BCUT2D eigenvalue weighted by atomic mass is 32.1. The van der Waals surface area contributed by atoms with Crippen molar-refractivity contribution >= 4 is 34.4 Å². The molecule has 0 aliphatic carbocycles. The van der Waals surface area contributed by atoms with Gasteiger partial charge >= 0.3 is 5.97 Å². The van der Waals surface area contributed by atoms with Crippen LogP contribution in [0.2, 0.25) is 0 Å². The van der Waals surface area contributed by atoms with Crippen molar-refractivity contribution in [2.24, 2.45) is 0 Å². The van der Waals surface area contributed by atoms with Crippen LogP contribution in [0, 0.1) is 12.3 Å². The predicted molar refractivity (Wildman–Crippen MR) is 129 cm³/mol. The molecule has 0 fully saturated rings. The molecule has 1 aliphatic rings. The lowest BCUT2D eigenvalue weighted by molar-refractivity contribution is 0.0500. The smallest absolute Gasteiger partial charge is 0.338 e. The number of aliphatic hydroxyl groups is 1. The van der Waals surface area contributed by atoms with Crippen molar-refractivity contribution in [2.75, 3.05) is 18.1 Å². The molecule has 0 atom stereocenters. The quantitative estimate of drug-likeness (QED) is 0.351. The summed E-state index contributed by atoms with van der Waals surface area (Å²) < 4.78 is 5.30. The molecule has 1 aliphatic heterocycles. The van der Waals surface area contributed by atoms with E-state index in [0.29, 0.717) is 28.4 Å². The number of carbonyl (C=O) groups excluding carboxylic acids is 1. The van der Waals surface area contributed by atoms with E-state index in [4.69, 9.17) is 10.1 Å². The van der Waals surface area contributed by atoms with Gasteiger partial charge in [0.05, 0.1) is 30.0 Å². The highest BCUT2D eigenvalue weighted by Gasteiger charge is 2.31. The highest BCUT2D eigenvalue weighted by Crippen LogP contribution is 2.34. The summed E-state index contributed by atoms with van der Waals surface area (Å²) in [5, 5.41) is 21.9. The Hall–Kier alpha value is -3.45. The number of thiazole rings is 1. The Bertz CT molecular complexity index is 1180. The summed E-state index contributed by atoms with van der Waals surface area (Å²) in [7, 11) is 0. The lowest BCUT2D eigenvalue weighted by Crippen LogP contribution is -2.26. The maximum absolute atomic E-state index is 12.3. The third kappa shape index (κ3) is 4.43. The second-order valence-electron chi connectivity index (χ2n) is 7.70. The van der Waals surface area contributed by atoms with Crippen molar-refractivity contribution in [3.63, 3.8) is 0 Å². The lowest BCUT2D eigenvalue weighted by Gasteiger charge is -2.19. The molecule has 2 N–H and O–H groups in total. The zero-order valence-corrected chi connectivity index (χ0v) is 18.9. The summed E-state index contributed by atoms with van der Waals surface area (Å²) >= 11 is 1.40. The monoisotopic (exact) mass is 447 g/mol. The van der Waals surface area contributed by atoms with Gasteiger partial charge in [0.15, 0.2) is 0 Å². The predicted octanol–water partition coefficient (Wildman–Crippen LogP) is 5.84. The summed E-state index contributed by atoms with van der Waals surface area (Å²) in [5.74, 6) is -0.134. The first-order valence-corrected chi connectivity index (χ1v) is 11.4. The van der Waals surface area contributed by atoms with Crippen molar-refractivity contribution in [3.8, 4) is 11.3 Å². The van der Waals surface area contributed by atoms with E-state index in [2.05, 4.69) is 4.98 Å². The van der Waals surface area contributed by atoms with Crippen LogP contribution < -0.4 is 4.90 Å². The number of carbonyl (C=O) groups is 1. The molecule has 164 valence electrons. The highest BCUT2D eigenvalue weighted by molar-refractivity contribution is 7.11. The minimum atomic E-state index is -0.383. The summed E-state index contributed by atoms with van der Waals surface area (Å²) in [6, 6.07) is 15.0. The molecule has 0 spiro atoms. The van der Waals surface area contributed by atoms with Crippen LogP contribution in [0.1, 0.15) is 40.7 Å².